The molecule has 0 saturated carbocycles. The summed E-state index contributed by atoms with van der Waals surface area (Å²) in [4.78, 5) is 0. The molecular formula is C14H23NO2. The Labute approximate surface area is 104 Å². The summed E-state index contributed by atoms with van der Waals surface area (Å²) in [6.45, 7) is 6.97. The van der Waals surface area contributed by atoms with Crippen molar-refractivity contribution < 1.29 is 9.84 Å². The monoisotopic (exact) mass is 237 g/mol. The molecule has 0 aromatic heterocycles. The first-order valence-corrected chi connectivity index (χ1v) is 5.96. The smallest absolute Gasteiger partial charge is 0.0741 e. The molecule has 96 valence electrons. The minimum Gasteiger partial charge on any atom is -0.389 e. The third-order valence-corrected chi connectivity index (χ3v) is 3.08. The highest BCUT2D eigenvalue weighted by molar-refractivity contribution is 5.26. The number of rotatable bonds is 6. The van der Waals surface area contributed by atoms with Gasteiger partial charge in [-0.15, -0.1) is 0 Å². The zero-order chi connectivity index (χ0) is 12.9. The first-order valence-electron chi connectivity index (χ1n) is 5.96. The molecule has 0 bridgehead atoms. The van der Waals surface area contributed by atoms with Crippen molar-refractivity contribution in [3.05, 3.63) is 35.4 Å². The van der Waals surface area contributed by atoms with Crippen molar-refractivity contribution in [2.24, 2.45) is 0 Å². The van der Waals surface area contributed by atoms with Crippen LogP contribution in [0.5, 0.6) is 0 Å². The summed E-state index contributed by atoms with van der Waals surface area (Å²) in [6.07, 6.45) is 0. The molecule has 0 aliphatic carbocycles. The van der Waals surface area contributed by atoms with Crippen molar-refractivity contribution in [3.63, 3.8) is 0 Å². The maximum Gasteiger partial charge on any atom is 0.0741 e. The van der Waals surface area contributed by atoms with Crippen LogP contribution in [0, 0.1) is 0 Å². The van der Waals surface area contributed by atoms with Gasteiger partial charge >= 0.3 is 0 Å². The highest BCUT2D eigenvalue weighted by Gasteiger charge is 2.21. The van der Waals surface area contributed by atoms with Crippen LogP contribution in [-0.4, -0.2) is 23.9 Å². The lowest BCUT2D eigenvalue weighted by Crippen LogP contribution is -2.44. The molecule has 0 aliphatic rings. The van der Waals surface area contributed by atoms with E-state index < -0.39 is 5.60 Å². The Kier molecular flexibility index (Phi) is 5.12. The van der Waals surface area contributed by atoms with Gasteiger partial charge in [0.1, 0.15) is 0 Å². The standard InChI is InChI=1S/C14H23NO2/c1-11(14(2,3)16)15-9-12-7-5-6-8-13(12)10-17-4/h5-8,11,15-16H,9-10H2,1-4H3. The number of nitrogens with one attached hydrogen (secondary N) is 1. The van der Waals surface area contributed by atoms with Crippen molar-refractivity contribution in [1.82, 2.24) is 5.32 Å². The topological polar surface area (TPSA) is 41.5 Å². The average molecular weight is 237 g/mol. The van der Waals surface area contributed by atoms with E-state index in [0.29, 0.717) is 6.61 Å². The molecule has 0 radical (unpaired) electrons. The number of ether oxygens (including phenoxy) is 1. The molecule has 0 heterocycles. The summed E-state index contributed by atoms with van der Waals surface area (Å²) in [5, 5.41) is 13.2. The molecule has 1 rings (SSSR count). The largest absolute Gasteiger partial charge is 0.389 e. The van der Waals surface area contributed by atoms with E-state index in [1.54, 1.807) is 7.11 Å². The van der Waals surface area contributed by atoms with Crippen LogP contribution < -0.4 is 5.32 Å². The van der Waals surface area contributed by atoms with Gasteiger partial charge in [-0.1, -0.05) is 24.3 Å². The number of benzene rings is 1. The van der Waals surface area contributed by atoms with Crippen LogP contribution in [-0.2, 0) is 17.9 Å². The third-order valence-electron chi connectivity index (χ3n) is 3.08. The fraction of sp³-hybridized carbons (Fsp3) is 0.571. The fourth-order valence-electron chi connectivity index (χ4n) is 1.54. The molecule has 0 saturated heterocycles. The Bertz CT molecular complexity index is 344. The second-order valence-electron chi connectivity index (χ2n) is 4.96. The van der Waals surface area contributed by atoms with Gasteiger partial charge in [-0.25, -0.2) is 0 Å². The molecule has 3 heteroatoms. The molecule has 1 aromatic rings. The molecular weight excluding hydrogens is 214 g/mol. The fourth-order valence-corrected chi connectivity index (χ4v) is 1.54. The van der Waals surface area contributed by atoms with E-state index in [4.69, 9.17) is 4.74 Å². The predicted octanol–water partition coefficient (Wildman–Crippen LogP) is 2.08. The van der Waals surface area contributed by atoms with Crippen molar-refractivity contribution in [3.8, 4) is 0 Å². The van der Waals surface area contributed by atoms with Crippen molar-refractivity contribution in [2.75, 3.05) is 7.11 Å². The van der Waals surface area contributed by atoms with Gasteiger partial charge in [-0.2, -0.15) is 0 Å². The van der Waals surface area contributed by atoms with E-state index in [0.717, 1.165) is 6.54 Å². The minimum atomic E-state index is -0.712. The summed E-state index contributed by atoms with van der Waals surface area (Å²) in [5.74, 6) is 0. The van der Waals surface area contributed by atoms with Gasteiger partial charge in [0.2, 0.25) is 0 Å². The zero-order valence-corrected chi connectivity index (χ0v) is 11.2. The van der Waals surface area contributed by atoms with Crippen LogP contribution in [0.25, 0.3) is 0 Å². The van der Waals surface area contributed by atoms with Gasteiger partial charge in [-0.3, -0.25) is 0 Å². The van der Waals surface area contributed by atoms with E-state index in [-0.39, 0.29) is 6.04 Å². The van der Waals surface area contributed by atoms with Crippen molar-refractivity contribution in [1.29, 1.82) is 0 Å². The third kappa shape index (κ3) is 4.46. The highest BCUT2D eigenvalue weighted by Crippen LogP contribution is 2.12. The van der Waals surface area contributed by atoms with Gasteiger partial charge < -0.3 is 15.2 Å². The first-order chi connectivity index (χ1) is 7.95. The molecule has 0 aliphatic heterocycles. The molecule has 0 fully saturated rings. The maximum absolute atomic E-state index is 9.85. The number of aliphatic hydroxyl groups is 1. The van der Waals surface area contributed by atoms with Crippen LogP contribution in [0.4, 0.5) is 0 Å². The molecule has 3 nitrogen and oxygen atoms in total. The molecule has 0 amide bonds. The van der Waals surface area contributed by atoms with E-state index in [1.165, 1.54) is 11.1 Å². The first kappa shape index (κ1) is 14.2. The van der Waals surface area contributed by atoms with Crippen LogP contribution in [0.15, 0.2) is 24.3 Å². The van der Waals surface area contributed by atoms with Gasteiger partial charge in [0, 0.05) is 19.7 Å². The summed E-state index contributed by atoms with van der Waals surface area (Å²) < 4.78 is 5.17. The van der Waals surface area contributed by atoms with Gasteiger partial charge in [-0.05, 0) is 31.9 Å². The lowest BCUT2D eigenvalue weighted by atomic mass is 10.00. The lowest BCUT2D eigenvalue weighted by Gasteiger charge is -2.27. The van der Waals surface area contributed by atoms with Gasteiger partial charge in [0.25, 0.3) is 0 Å². The lowest BCUT2D eigenvalue weighted by molar-refractivity contribution is 0.0436. The predicted molar refractivity (Wildman–Crippen MR) is 69.8 cm³/mol. The van der Waals surface area contributed by atoms with E-state index >= 15 is 0 Å². The summed E-state index contributed by atoms with van der Waals surface area (Å²) in [6, 6.07) is 8.22. The number of methoxy groups -OCH3 is 1. The maximum atomic E-state index is 9.85. The molecule has 0 spiro atoms. The molecule has 2 N–H and O–H groups in total. The quantitative estimate of drug-likeness (QED) is 0.796. The summed E-state index contributed by atoms with van der Waals surface area (Å²) >= 11 is 0. The summed E-state index contributed by atoms with van der Waals surface area (Å²) in [7, 11) is 1.70. The second-order valence-corrected chi connectivity index (χ2v) is 4.96. The zero-order valence-electron chi connectivity index (χ0n) is 11.2. The van der Waals surface area contributed by atoms with Crippen LogP contribution >= 0.6 is 0 Å². The van der Waals surface area contributed by atoms with Gasteiger partial charge in [0.15, 0.2) is 0 Å². The molecule has 1 aromatic carbocycles. The molecule has 17 heavy (non-hydrogen) atoms. The van der Waals surface area contributed by atoms with E-state index in [9.17, 15) is 5.11 Å². The Morgan fingerprint density at radius 3 is 2.41 bits per heavy atom. The highest BCUT2D eigenvalue weighted by atomic mass is 16.5. The normalized spacial score (nSPS) is 13.7. The molecule has 1 unspecified atom stereocenters. The van der Waals surface area contributed by atoms with E-state index in [1.807, 2.05) is 32.9 Å². The Morgan fingerprint density at radius 2 is 1.88 bits per heavy atom. The second kappa shape index (κ2) is 6.15. The van der Waals surface area contributed by atoms with Crippen LogP contribution in [0.2, 0.25) is 0 Å². The minimum absolute atomic E-state index is 0.0399. The van der Waals surface area contributed by atoms with Crippen LogP contribution in [0.1, 0.15) is 31.9 Å². The average Bonchev–Trinajstić information content (AvgIpc) is 2.26. The number of hydrogen-bond donors (Lipinski definition) is 2. The Balaban J connectivity index is 2.63. The molecule has 1 atom stereocenters. The Morgan fingerprint density at radius 1 is 1.29 bits per heavy atom. The van der Waals surface area contributed by atoms with Crippen molar-refractivity contribution in [2.45, 2.75) is 45.6 Å². The Hall–Kier alpha value is -0.900. The number of hydrogen-bond acceptors (Lipinski definition) is 3. The SMILES string of the molecule is COCc1ccccc1CNC(C)C(C)(C)O. The van der Waals surface area contributed by atoms with E-state index in [2.05, 4.69) is 17.4 Å². The summed E-state index contributed by atoms with van der Waals surface area (Å²) in [5.41, 5.74) is 1.69. The van der Waals surface area contributed by atoms with Crippen LogP contribution in [0.3, 0.4) is 0 Å². The van der Waals surface area contributed by atoms with Gasteiger partial charge in [0.05, 0.1) is 12.2 Å². The van der Waals surface area contributed by atoms with Crippen molar-refractivity contribution >= 4 is 0 Å².